The zero-order valence-electron chi connectivity index (χ0n) is 20.8. The van der Waals surface area contributed by atoms with E-state index in [-0.39, 0.29) is 21.5 Å². The van der Waals surface area contributed by atoms with Crippen molar-refractivity contribution in [3.63, 3.8) is 0 Å². The first-order valence-corrected chi connectivity index (χ1v) is 13.5. The predicted molar refractivity (Wildman–Crippen MR) is 151 cm³/mol. The van der Waals surface area contributed by atoms with Crippen LogP contribution in [0.25, 0.3) is 10.4 Å². The largest absolute Gasteiger partial charge is 0.488 e. The molecule has 0 aliphatic heterocycles. The van der Waals surface area contributed by atoms with Gasteiger partial charge in [0, 0.05) is 4.88 Å². The van der Waals surface area contributed by atoms with Gasteiger partial charge in [0.05, 0.1) is 19.1 Å². The molecular formula is C26H18BBrF4O8S2. The maximum Gasteiger partial charge on any atom is 0.488 e. The Balaban J connectivity index is 0.000000325. The Labute approximate surface area is 252 Å². The third kappa shape index (κ3) is 12.4. The molecule has 4 rings (SSSR count). The van der Waals surface area contributed by atoms with Gasteiger partial charge in [-0.3, -0.25) is 9.59 Å². The van der Waals surface area contributed by atoms with Crippen LogP contribution in [0.4, 0.5) is 17.6 Å². The van der Waals surface area contributed by atoms with Crippen LogP contribution in [0.3, 0.4) is 0 Å². The molecule has 0 radical (unpaired) electrons. The Morgan fingerprint density at radius 1 is 0.762 bits per heavy atom. The summed E-state index contributed by atoms with van der Waals surface area (Å²) >= 11 is 5.00. The van der Waals surface area contributed by atoms with Crippen molar-refractivity contribution in [1.82, 2.24) is 0 Å². The molecule has 0 aliphatic rings. The number of ketones is 2. The minimum Gasteiger partial charge on any atom is -0.478 e. The number of hydrogen-bond donors (Lipinski definition) is 3. The second-order valence-corrected chi connectivity index (χ2v) is 10.9. The normalized spacial score (nSPS) is 9.74. The minimum atomic E-state index is -3.03. The smallest absolute Gasteiger partial charge is 0.478 e. The summed E-state index contributed by atoms with van der Waals surface area (Å²) in [4.78, 5) is 49.4. The van der Waals surface area contributed by atoms with Gasteiger partial charge in [-0.15, -0.1) is 22.7 Å². The first-order chi connectivity index (χ1) is 19.8. The quantitative estimate of drug-likeness (QED) is 0.135. The number of carboxylic acid groups (broad SMARTS) is 1. The van der Waals surface area contributed by atoms with Gasteiger partial charge in [0.1, 0.15) is 0 Å². The van der Waals surface area contributed by atoms with Crippen molar-refractivity contribution in [3.05, 3.63) is 98.0 Å². The van der Waals surface area contributed by atoms with Crippen LogP contribution in [-0.4, -0.2) is 58.8 Å². The molecule has 0 fully saturated rings. The molecule has 0 aliphatic carbocycles. The Kier molecular flexibility index (Phi) is 16.1. The number of carbonyl (C=O) groups excluding carboxylic acids is 4. The van der Waals surface area contributed by atoms with Crippen LogP contribution >= 0.6 is 38.6 Å². The summed E-state index contributed by atoms with van der Waals surface area (Å²) in [5, 5.41) is 26.0. The number of carbonyl (C=O) groups is 3. The Morgan fingerprint density at radius 2 is 1.29 bits per heavy atom. The molecule has 4 aromatic rings. The van der Waals surface area contributed by atoms with Gasteiger partial charge in [-0.2, -0.15) is 9.59 Å². The third-order valence-electron chi connectivity index (χ3n) is 4.55. The van der Waals surface area contributed by atoms with Crippen LogP contribution in [-0.2, 0) is 9.59 Å². The molecule has 16 heteroatoms. The highest BCUT2D eigenvalue weighted by Crippen LogP contribution is 2.30. The summed E-state index contributed by atoms with van der Waals surface area (Å²) in [6, 6.07) is 20.6. The minimum absolute atomic E-state index is 0.0364. The number of rotatable bonds is 7. The number of Topliss-reactive ketones (excluding diaryl/α,β-unsaturated/α-hetero) is 2. The van der Waals surface area contributed by atoms with Crippen molar-refractivity contribution in [2.75, 3.05) is 0 Å². The van der Waals surface area contributed by atoms with E-state index < -0.39 is 37.5 Å². The molecule has 0 bridgehead atoms. The number of hydrogen-bond acceptors (Lipinski definition) is 9. The van der Waals surface area contributed by atoms with Gasteiger partial charge in [-0.25, -0.2) is 22.4 Å². The van der Waals surface area contributed by atoms with Gasteiger partial charge < -0.3 is 15.2 Å². The van der Waals surface area contributed by atoms with E-state index in [0.29, 0.717) is 19.7 Å². The molecule has 0 saturated heterocycles. The van der Waals surface area contributed by atoms with Crippen molar-refractivity contribution >= 4 is 74.9 Å². The summed E-state index contributed by atoms with van der Waals surface area (Å²) in [6.45, 7) is 0. The van der Waals surface area contributed by atoms with Crippen LogP contribution in [0.15, 0.2) is 82.6 Å². The van der Waals surface area contributed by atoms with Gasteiger partial charge >= 0.3 is 32.1 Å². The van der Waals surface area contributed by atoms with Crippen LogP contribution < -0.4 is 5.46 Å². The van der Waals surface area contributed by atoms with Crippen molar-refractivity contribution in [2.24, 2.45) is 0 Å². The van der Waals surface area contributed by atoms with E-state index >= 15 is 0 Å². The van der Waals surface area contributed by atoms with Crippen molar-refractivity contribution in [1.29, 1.82) is 0 Å². The number of carboxylic acids is 1. The standard InChI is InChI=1S/C13H8F2O3S.C6H7BO2.C6H3BrF2OS.CO2/c14-12(15)11(16)10-5-4-9(19-10)7-2-1-3-8(6-7)13(17)18;8-7(9)6-4-2-1-3-5-6;7-4-2-1-3(11-4)5(10)6(8)9;2-1-3/h1-6,12H,(H,17,18);1-5,8-9H;1-2,6H;. The number of thiophene rings is 2. The summed E-state index contributed by atoms with van der Waals surface area (Å²) in [6.07, 6.45) is -5.68. The molecule has 0 atom stereocenters. The molecule has 8 nitrogen and oxygen atoms in total. The fraction of sp³-hybridized carbons (Fsp3) is 0.0769. The molecule has 0 spiro atoms. The van der Waals surface area contributed by atoms with E-state index in [0.717, 1.165) is 22.7 Å². The number of benzene rings is 2. The lowest BCUT2D eigenvalue weighted by molar-refractivity contribution is -0.191. The predicted octanol–water partition coefficient (Wildman–Crippen LogP) is 5.30. The summed E-state index contributed by atoms with van der Waals surface area (Å²) in [7, 11) is -1.34. The summed E-state index contributed by atoms with van der Waals surface area (Å²) < 4.78 is 48.8. The molecule has 0 saturated carbocycles. The van der Waals surface area contributed by atoms with Gasteiger partial charge in [0.2, 0.25) is 11.6 Å². The maximum absolute atomic E-state index is 12.3. The fourth-order valence-corrected chi connectivity index (χ4v) is 4.99. The van der Waals surface area contributed by atoms with Gasteiger partial charge in [0.25, 0.3) is 0 Å². The van der Waals surface area contributed by atoms with Gasteiger partial charge in [-0.1, -0.05) is 42.5 Å². The molecule has 2 heterocycles. The van der Waals surface area contributed by atoms with E-state index in [9.17, 15) is 31.9 Å². The lowest BCUT2D eigenvalue weighted by Crippen LogP contribution is -2.29. The van der Waals surface area contributed by atoms with Crippen molar-refractivity contribution < 1.29 is 56.7 Å². The average Bonchev–Trinajstić information content (AvgIpc) is 3.63. The highest BCUT2D eigenvalue weighted by Gasteiger charge is 2.20. The molecule has 220 valence electrons. The SMILES string of the molecule is O=C(O)c1cccc(-c2ccc(C(=O)C(F)F)s2)c1.O=C(c1ccc(Br)s1)C(F)F.O=C=O.OB(O)c1ccccc1. The zero-order valence-corrected chi connectivity index (χ0v) is 24.0. The first kappa shape index (κ1) is 36.2. The van der Waals surface area contributed by atoms with Gasteiger partial charge in [0.15, 0.2) is 0 Å². The highest BCUT2D eigenvalue weighted by molar-refractivity contribution is 9.11. The van der Waals surface area contributed by atoms with Crippen LogP contribution in [0.2, 0.25) is 0 Å². The topological polar surface area (TPSA) is 146 Å². The maximum atomic E-state index is 12.3. The van der Waals surface area contributed by atoms with Crippen LogP contribution in [0.1, 0.15) is 29.7 Å². The monoisotopic (exact) mass is 688 g/mol. The van der Waals surface area contributed by atoms with E-state index in [1.165, 1.54) is 30.3 Å². The average molecular weight is 689 g/mol. The van der Waals surface area contributed by atoms with Crippen molar-refractivity contribution in [2.45, 2.75) is 12.9 Å². The Morgan fingerprint density at radius 3 is 1.71 bits per heavy atom. The molecule has 2 aromatic heterocycles. The lowest BCUT2D eigenvalue weighted by atomic mass is 9.81. The fourth-order valence-electron chi connectivity index (χ4n) is 2.72. The second kappa shape index (κ2) is 18.6. The van der Waals surface area contributed by atoms with E-state index in [1.54, 1.807) is 42.5 Å². The second-order valence-electron chi connectivity index (χ2n) is 7.35. The molecular weight excluding hydrogens is 671 g/mol. The first-order valence-electron chi connectivity index (χ1n) is 11.1. The molecule has 0 amide bonds. The van der Waals surface area contributed by atoms with E-state index in [1.807, 2.05) is 6.07 Å². The summed E-state index contributed by atoms with van der Waals surface area (Å²) in [5.41, 5.74) is 1.21. The van der Waals surface area contributed by atoms with Crippen LogP contribution in [0.5, 0.6) is 0 Å². The summed E-state index contributed by atoms with van der Waals surface area (Å²) in [5.74, 6) is -3.39. The Hall–Kier alpha value is -3.79. The van der Waals surface area contributed by atoms with E-state index in [4.69, 9.17) is 24.7 Å². The molecule has 0 unspecified atom stereocenters. The van der Waals surface area contributed by atoms with Crippen molar-refractivity contribution in [3.8, 4) is 10.4 Å². The number of halogens is 5. The van der Waals surface area contributed by atoms with E-state index in [2.05, 4.69) is 15.9 Å². The zero-order chi connectivity index (χ0) is 31.8. The molecule has 42 heavy (non-hydrogen) atoms. The molecule has 2 aromatic carbocycles. The van der Waals surface area contributed by atoms with Gasteiger partial charge in [-0.05, 0) is 63.4 Å². The molecule has 3 N–H and O–H groups in total. The highest BCUT2D eigenvalue weighted by atomic mass is 79.9. The third-order valence-corrected chi connectivity index (χ3v) is 7.34. The number of aromatic carboxylic acids is 1. The number of alkyl halides is 4. The lowest BCUT2D eigenvalue weighted by Gasteiger charge is -1.99. The van der Waals surface area contributed by atoms with Crippen LogP contribution in [0, 0.1) is 0 Å². The Bertz CT molecular complexity index is 1490.